The van der Waals surface area contributed by atoms with Gasteiger partial charge in [0.25, 0.3) is 0 Å². The minimum atomic E-state index is 0.565. The van der Waals surface area contributed by atoms with Crippen molar-refractivity contribution < 1.29 is 0 Å². The van der Waals surface area contributed by atoms with Gasteiger partial charge >= 0.3 is 0 Å². The Kier molecular flexibility index (Phi) is 4.16. The second-order valence-corrected chi connectivity index (χ2v) is 3.61. The predicted octanol–water partition coefficient (Wildman–Crippen LogP) is 0.799. The summed E-state index contributed by atoms with van der Waals surface area (Å²) in [6.45, 7) is 2.12. The van der Waals surface area contributed by atoms with Crippen LogP contribution in [0.25, 0.3) is 0 Å². The second-order valence-electron chi connectivity index (χ2n) is 1.48. The van der Waals surface area contributed by atoms with Crippen molar-refractivity contribution in [2.45, 2.75) is 18.5 Å². The van der Waals surface area contributed by atoms with Gasteiger partial charge in [0, 0.05) is 5.54 Å². The molecule has 7 heavy (non-hydrogen) atoms. The molecule has 0 saturated heterocycles. The third kappa shape index (κ3) is 3.83. The molecule has 0 N–H and O–H groups in total. The van der Waals surface area contributed by atoms with Gasteiger partial charge in [-0.05, 0) is 24.0 Å². The summed E-state index contributed by atoms with van der Waals surface area (Å²) < 4.78 is 0. The Morgan fingerprint density at radius 3 is 2.29 bits per heavy atom. The minimum absolute atomic E-state index is 0.565. The van der Waals surface area contributed by atoms with Crippen LogP contribution >= 0.6 is 0 Å². The summed E-state index contributed by atoms with van der Waals surface area (Å²) in [5, 5.41) is 0. The van der Waals surface area contributed by atoms with E-state index in [1.165, 1.54) is 0 Å². The van der Waals surface area contributed by atoms with Crippen molar-refractivity contribution in [1.82, 2.24) is 0 Å². The van der Waals surface area contributed by atoms with E-state index in [-0.39, 0.29) is 0 Å². The topological polar surface area (TPSA) is 0 Å². The van der Waals surface area contributed by atoms with Crippen LogP contribution in [0.2, 0.25) is 11.6 Å². The van der Waals surface area contributed by atoms with Crippen molar-refractivity contribution in [2.75, 3.05) is 0 Å². The quantitative estimate of drug-likeness (QED) is 0.454. The fourth-order valence-electron chi connectivity index (χ4n) is 0.236. The Hall–Kier alpha value is -0.00623. The zero-order valence-corrected chi connectivity index (χ0v) is 6.44. The van der Waals surface area contributed by atoms with Crippen LogP contribution in [0, 0.1) is 12.0 Å². The van der Waals surface area contributed by atoms with Gasteiger partial charge in [-0.25, -0.2) is 0 Å². The molecule has 2 heteroatoms. The molecule has 1 atom stereocenters. The van der Waals surface area contributed by atoms with Crippen molar-refractivity contribution in [3.63, 3.8) is 0 Å². The molecular formula is C5H8Si2. The average molecular weight is 124 g/mol. The molecule has 0 heterocycles. The smallest absolute Gasteiger partial charge is 0.000320 e. The summed E-state index contributed by atoms with van der Waals surface area (Å²) in [7, 11) is 1.14. The number of rotatable bonds is 1. The maximum atomic E-state index is 5.33. The standard InChI is InChI=1S/C5H8Si2/c1-5(7-3)4-6-2/h2-3,5H,4H2,1H3. The Morgan fingerprint density at radius 2 is 2.14 bits per heavy atom. The summed E-state index contributed by atoms with van der Waals surface area (Å²) >= 11 is 0. The van der Waals surface area contributed by atoms with Crippen LogP contribution in [0.5, 0.6) is 0 Å². The molecule has 0 bridgehead atoms. The number of hydrogen-bond donors (Lipinski definition) is 0. The Morgan fingerprint density at radius 1 is 1.57 bits per heavy atom. The van der Waals surface area contributed by atoms with Gasteiger partial charge in [-0.1, -0.05) is 6.92 Å². The van der Waals surface area contributed by atoms with E-state index in [4.69, 9.17) is 12.0 Å². The Bertz CT molecular complexity index is 115. The zero-order valence-electron chi connectivity index (χ0n) is 4.44. The highest BCUT2D eigenvalue weighted by Gasteiger charge is 1.87. The molecule has 0 aliphatic rings. The first-order valence-corrected chi connectivity index (χ1v) is 4.64. The molecule has 0 rings (SSSR count). The molecule has 0 aromatic rings. The first kappa shape index (κ1) is 6.99. The molecule has 0 radical (unpaired) electrons. The normalized spacial score (nSPS) is 11.3. The molecule has 0 amide bonds. The van der Waals surface area contributed by atoms with Gasteiger partial charge < -0.3 is 0 Å². The Labute approximate surface area is 49.1 Å². The van der Waals surface area contributed by atoms with E-state index >= 15 is 0 Å². The lowest BCUT2D eigenvalue weighted by atomic mass is 10.6. The fourth-order valence-corrected chi connectivity index (χ4v) is 1.41. The van der Waals surface area contributed by atoms with Gasteiger partial charge in [0.05, 0.1) is 0 Å². The first-order chi connectivity index (χ1) is 3.31. The van der Waals surface area contributed by atoms with E-state index in [9.17, 15) is 0 Å². The van der Waals surface area contributed by atoms with Gasteiger partial charge in [-0.2, -0.15) is 12.0 Å². The summed E-state index contributed by atoms with van der Waals surface area (Å²) in [5.74, 6) is 0. The average Bonchev–Trinajstić information content (AvgIpc) is 1.68. The Balaban J connectivity index is 3.27. The fraction of sp³-hybridized carbons (Fsp3) is 0.600. The van der Waals surface area contributed by atoms with Crippen LogP contribution in [0.15, 0.2) is 0 Å². The van der Waals surface area contributed by atoms with E-state index in [0.29, 0.717) is 23.5 Å². The lowest BCUT2D eigenvalue weighted by Gasteiger charge is -1.90. The van der Waals surface area contributed by atoms with Gasteiger partial charge in [0.1, 0.15) is 0 Å². The molecule has 0 aliphatic heterocycles. The van der Waals surface area contributed by atoms with E-state index in [0.717, 1.165) is 6.04 Å². The van der Waals surface area contributed by atoms with E-state index in [1.54, 1.807) is 0 Å². The predicted molar refractivity (Wildman–Crippen MR) is 35.6 cm³/mol. The van der Waals surface area contributed by atoms with Crippen LogP contribution in [0.4, 0.5) is 0 Å². The number of hydrogen-bond acceptors (Lipinski definition) is 0. The molecule has 0 fully saturated rings. The molecular weight excluding hydrogens is 116 g/mol. The maximum Gasteiger partial charge on any atom is 0.000320 e. The van der Waals surface area contributed by atoms with Crippen LogP contribution in [0.3, 0.4) is 0 Å². The molecule has 0 spiro atoms. The molecule has 0 aromatic heterocycles. The molecule has 36 valence electrons. The summed E-state index contributed by atoms with van der Waals surface area (Å²) in [6.07, 6.45) is 0. The highest BCUT2D eigenvalue weighted by atomic mass is 28.2. The van der Waals surface area contributed by atoms with E-state index in [2.05, 4.69) is 6.92 Å². The third-order valence-corrected chi connectivity index (χ3v) is 2.74. The molecule has 0 saturated carbocycles. The minimum Gasteiger partial charge on any atom is -0.158 e. The van der Waals surface area contributed by atoms with Crippen molar-refractivity contribution in [2.24, 2.45) is 0 Å². The van der Waals surface area contributed by atoms with Gasteiger partial charge in [0.2, 0.25) is 0 Å². The van der Waals surface area contributed by atoms with Crippen molar-refractivity contribution >= 4 is 17.9 Å². The van der Waals surface area contributed by atoms with Gasteiger partial charge in [-0.3, -0.25) is 0 Å². The third-order valence-electron chi connectivity index (χ3n) is 0.709. The van der Waals surface area contributed by atoms with Crippen LogP contribution in [-0.2, 0) is 0 Å². The first-order valence-electron chi connectivity index (χ1n) is 2.21. The van der Waals surface area contributed by atoms with Gasteiger partial charge in [0.15, 0.2) is 0 Å². The van der Waals surface area contributed by atoms with E-state index < -0.39 is 0 Å². The van der Waals surface area contributed by atoms with Crippen molar-refractivity contribution in [1.29, 1.82) is 0 Å². The highest BCUT2D eigenvalue weighted by Crippen LogP contribution is 1.98. The lowest BCUT2D eigenvalue weighted by Crippen LogP contribution is -1.84. The summed E-state index contributed by atoms with van der Waals surface area (Å²) in [4.78, 5) is 0. The summed E-state index contributed by atoms with van der Waals surface area (Å²) in [6, 6.07) is 11.7. The monoisotopic (exact) mass is 124 g/mol. The molecule has 0 nitrogen and oxygen atoms in total. The maximum absolute atomic E-state index is 5.33. The van der Waals surface area contributed by atoms with Gasteiger partial charge in [-0.15, -0.1) is 0 Å². The highest BCUT2D eigenvalue weighted by molar-refractivity contribution is 6.30. The largest absolute Gasteiger partial charge is 0.158 e. The summed E-state index contributed by atoms with van der Waals surface area (Å²) in [5.41, 5.74) is 0.642. The molecule has 0 aromatic carbocycles. The zero-order chi connectivity index (χ0) is 5.70. The van der Waals surface area contributed by atoms with Crippen molar-refractivity contribution in [3.8, 4) is 12.0 Å². The second kappa shape index (κ2) is 4.16. The van der Waals surface area contributed by atoms with Crippen LogP contribution in [-0.4, -0.2) is 17.9 Å². The lowest BCUT2D eigenvalue weighted by molar-refractivity contribution is 1.07. The molecule has 0 aliphatic carbocycles. The van der Waals surface area contributed by atoms with Crippen molar-refractivity contribution in [3.05, 3.63) is 0 Å². The molecule has 1 unspecified atom stereocenters. The SMILES string of the molecule is C#[Si]CC(C)[Si]#C. The van der Waals surface area contributed by atoms with Crippen LogP contribution < -0.4 is 0 Å². The van der Waals surface area contributed by atoms with E-state index in [1.807, 2.05) is 0 Å². The van der Waals surface area contributed by atoms with Crippen LogP contribution in [0.1, 0.15) is 6.92 Å².